The molecule has 1 aliphatic carbocycles. The largest absolute Gasteiger partial charge is 0.338 e. The van der Waals surface area contributed by atoms with Crippen LogP contribution in [0.1, 0.15) is 40.0 Å². The smallest absolute Gasteiger partial charge is 0.237 e. The minimum Gasteiger partial charge on any atom is -0.338 e. The van der Waals surface area contributed by atoms with E-state index in [1.165, 1.54) is 12.8 Å². The molecule has 2 bridgehead atoms. The third-order valence-corrected chi connectivity index (χ3v) is 4.08. The van der Waals surface area contributed by atoms with Crippen LogP contribution in [0.4, 0.5) is 0 Å². The van der Waals surface area contributed by atoms with Crippen LogP contribution in [-0.4, -0.2) is 29.3 Å². The summed E-state index contributed by atoms with van der Waals surface area (Å²) in [5.41, 5.74) is 0.702. The van der Waals surface area contributed by atoms with E-state index < -0.39 is 0 Å². The number of carbonyl (C=O) groups is 1. The average Bonchev–Trinajstić information content (AvgIpc) is 2.33. The molecule has 1 saturated carbocycles. The Labute approximate surface area is 97.0 Å². The molecule has 3 heteroatoms. The summed E-state index contributed by atoms with van der Waals surface area (Å²) in [4.78, 5) is 13.7. The fourth-order valence-corrected chi connectivity index (χ4v) is 3.98. The predicted octanol–water partition coefficient (Wildman–Crippen LogP) is 2.65. The molecule has 0 unspecified atom stereocenters. The van der Waals surface area contributed by atoms with Crippen LogP contribution in [-0.2, 0) is 4.79 Å². The van der Waals surface area contributed by atoms with E-state index in [9.17, 15) is 4.79 Å². The van der Waals surface area contributed by atoms with Crippen molar-refractivity contribution >= 4 is 17.5 Å². The standard InChI is InChI=1S/C12H20ClNO/c1-11(2)4-9-5-12(3,7-11)8-14(9)10(15)6-13/h9H,4-8H2,1-3H3/t9-,12-/m1/s1. The second-order valence-electron chi connectivity index (χ2n) is 6.37. The number of rotatable bonds is 1. The summed E-state index contributed by atoms with van der Waals surface area (Å²) < 4.78 is 0. The third kappa shape index (κ3) is 2.01. The van der Waals surface area contributed by atoms with Crippen molar-refractivity contribution < 1.29 is 4.79 Å². The number of carbonyl (C=O) groups excluding carboxylic acids is 1. The number of hydrogen-bond donors (Lipinski definition) is 0. The molecule has 2 nitrogen and oxygen atoms in total. The van der Waals surface area contributed by atoms with Crippen molar-refractivity contribution in [1.82, 2.24) is 4.90 Å². The van der Waals surface area contributed by atoms with Crippen molar-refractivity contribution in [3.8, 4) is 0 Å². The molecular formula is C12H20ClNO. The minimum absolute atomic E-state index is 0.114. The highest BCUT2D eigenvalue weighted by atomic mass is 35.5. The van der Waals surface area contributed by atoms with Crippen molar-refractivity contribution in [2.75, 3.05) is 12.4 Å². The molecule has 0 radical (unpaired) electrons. The van der Waals surface area contributed by atoms with E-state index >= 15 is 0 Å². The van der Waals surface area contributed by atoms with E-state index in [4.69, 9.17) is 11.6 Å². The lowest BCUT2D eigenvalue weighted by molar-refractivity contribution is -0.129. The zero-order chi connectivity index (χ0) is 11.3. The van der Waals surface area contributed by atoms with Crippen LogP contribution >= 0.6 is 11.6 Å². The lowest BCUT2D eigenvalue weighted by Gasteiger charge is -2.39. The molecule has 0 aromatic carbocycles. The lowest BCUT2D eigenvalue weighted by Crippen LogP contribution is -2.38. The van der Waals surface area contributed by atoms with E-state index in [1.54, 1.807) is 0 Å². The number of nitrogens with zero attached hydrogens (tertiary/aromatic N) is 1. The molecule has 2 atom stereocenters. The summed E-state index contributed by atoms with van der Waals surface area (Å²) in [7, 11) is 0. The first-order chi connectivity index (χ1) is 6.85. The van der Waals surface area contributed by atoms with Gasteiger partial charge in [-0.3, -0.25) is 4.79 Å². The van der Waals surface area contributed by atoms with E-state index in [-0.39, 0.29) is 11.8 Å². The second-order valence-corrected chi connectivity index (χ2v) is 6.64. The van der Waals surface area contributed by atoms with Crippen molar-refractivity contribution in [2.45, 2.75) is 46.1 Å². The van der Waals surface area contributed by atoms with Crippen LogP contribution in [0.5, 0.6) is 0 Å². The summed E-state index contributed by atoms with van der Waals surface area (Å²) in [6.45, 7) is 7.84. The topological polar surface area (TPSA) is 20.3 Å². The SMILES string of the molecule is CC1(C)C[C@@H]2C[C@@](C)(CN2C(=O)CCl)C1. The van der Waals surface area contributed by atoms with Crippen molar-refractivity contribution in [2.24, 2.45) is 10.8 Å². The van der Waals surface area contributed by atoms with Gasteiger partial charge in [-0.25, -0.2) is 0 Å². The highest BCUT2D eigenvalue weighted by molar-refractivity contribution is 6.27. The molecule has 2 aliphatic rings. The van der Waals surface area contributed by atoms with Gasteiger partial charge in [0.05, 0.1) is 0 Å². The first kappa shape index (κ1) is 11.3. The maximum atomic E-state index is 11.7. The number of fused-ring (bicyclic) bond motifs is 2. The van der Waals surface area contributed by atoms with Gasteiger partial charge in [-0.1, -0.05) is 20.8 Å². The third-order valence-electron chi connectivity index (χ3n) is 3.85. The van der Waals surface area contributed by atoms with Crippen LogP contribution in [0.3, 0.4) is 0 Å². The van der Waals surface area contributed by atoms with Gasteiger partial charge in [0.1, 0.15) is 5.88 Å². The molecule has 1 heterocycles. The summed E-state index contributed by atoms with van der Waals surface area (Å²) in [5.74, 6) is 0.246. The average molecular weight is 230 g/mol. The Bertz CT molecular complexity index is 289. The Hall–Kier alpha value is -0.240. The Morgan fingerprint density at radius 3 is 2.67 bits per heavy atom. The van der Waals surface area contributed by atoms with Gasteiger partial charge in [0.2, 0.25) is 5.91 Å². The van der Waals surface area contributed by atoms with Gasteiger partial charge >= 0.3 is 0 Å². The minimum atomic E-state index is 0.114. The predicted molar refractivity (Wildman–Crippen MR) is 62.0 cm³/mol. The van der Waals surface area contributed by atoms with E-state index in [0.717, 1.165) is 13.0 Å². The first-order valence-corrected chi connectivity index (χ1v) is 6.24. The molecule has 0 spiro atoms. The zero-order valence-corrected chi connectivity index (χ0v) is 10.6. The lowest BCUT2D eigenvalue weighted by atomic mass is 9.65. The zero-order valence-electron chi connectivity index (χ0n) is 9.85. The number of amides is 1. The molecule has 1 saturated heterocycles. The number of halogens is 1. The van der Waals surface area contributed by atoms with Crippen LogP contribution in [0.25, 0.3) is 0 Å². The van der Waals surface area contributed by atoms with E-state index in [1.807, 2.05) is 4.90 Å². The molecular weight excluding hydrogens is 210 g/mol. The fourth-order valence-electron chi connectivity index (χ4n) is 3.83. The normalized spacial score (nSPS) is 38.1. The van der Waals surface area contributed by atoms with Gasteiger partial charge in [0.25, 0.3) is 0 Å². The summed E-state index contributed by atoms with van der Waals surface area (Å²) in [5, 5.41) is 0. The number of likely N-dealkylation sites (tertiary alicyclic amines) is 1. The van der Waals surface area contributed by atoms with Crippen molar-refractivity contribution in [1.29, 1.82) is 0 Å². The Morgan fingerprint density at radius 1 is 1.40 bits per heavy atom. The highest BCUT2D eigenvalue weighted by Crippen LogP contribution is 2.52. The van der Waals surface area contributed by atoms with Gasteiger partial charge in [-0.2, -0.15) is 0 Å². The molecule has 2 fully saturated rings. The quantitative estimate of drug-likeness (QED) is 0.633. The Kier molecular flexibility index (Phi) is 2.53. The monoisotopic (exact) mass is 229 g/mol. The number of alkyl halides is 1. The molecule has 1 aliphatic heterocycles. The van der Waals surface area contributed by atoms with Crippen LogP contribution < -0.4 is 0 Å². The molecule has 2 rings (SSSR count). The van der Waals surface area contributed by atoms with Crippen LogP contribution in [0, 0.1) is 10.8 Å². The van der Waals surface area contributed by atoms with E-state index in [2.05, 4.69) is 20.8 Å². The maximum Gasteiger partial charge on any atom is 0.237 e. The van der Waals surface area contributed by atoms with Gasteiger partial charge in [0.15, 0.2) is 0 Å². The molecule has 0 aromatic heterocycles. The summed E-state index contributed by atoms with van der Waals surface area (Å²) in [6, 6.07) is 0.435. The van der Waals surface area contributed by atoms with Crippen LogP contribution in [0.2, 0.25) is 0 Å². The molecule has 86 valence electrons. The number of hydrogen-bond acceptors (Lipinski definition) is 1. The molecule has 0 N–H and O–H groups in total. The second kappa shape index (κ2) is 3.38. The van der Waals surface area contributed by atoms with Gasteiger partial charge in [-0.15, -0.1) is 11.6 Å². The van der Waals surface area contributed by atoms with Crippen LogP contribution in [0.15, 0.2) is 0 Å². The summed E-state index contributed by atoms with van der Waals surface area (Å²) in [6.07, 6.45) is 3.52. The maximum absolute atomic E-state index is 11.7. The van der Waals surface area contributed by atoms with E-state index in [0.29, 0.717) is 16.9 Å². The molecule has 1 amide bonds. The molecule has 15 heavy (non-hydrogen) atoms. The highest BCUT2D eigenvalue weighted by Gasteiger charge is 2.50. The van der Waals surface area contributed by atoms with Crippen molar-refractivity contribution in [3.05, 3.63) is 0 Å². The fraction of sp³-hybridized carbons (Fsp3) is 0.917. The molecule has 0 aromatic rings. The van der Waals surface area contributed by atoms with Gasteiger partial charge in [-0.05, 0) is 30.1 Å². The Balaban J connectivity index is 2.20. The van der Waals surface area contributed by atoms with Gasteiger partial charge in [0, 0.05) is 12.6 Å². The van der Waals surface area contributed by atoms with Crippen molar-refractivity contribution in [3.63, 3.8) is 0 Å². The first-order valence-electron chi connectivity index (χ1n) is 5.71. The Morgan fingerprint density at radius 2 is 2.07 bits per heavy atom. The van der Waals surface area contributed by atoms with Gasteiger partial charge < -0.3 is 4.90 Å². The summed E-state index contributed by atoms with van der Waals surface area (Å²) >= 11 is 5.65.